The Balaban J connectivity index is 3.30. The van der Waals surface area contributed by atoms with E-state index in [1.54, 1.807) is 0 Å². The van der Waals surface area contributed by atoms with Gasteiger partial charge in [-0.2, -0.15) is 4.39 Å². The molecule has 0 aliphatic carbocycles. The Morgan fingerprint density at radius 2 is 2.21 bits per heavy atom. The van der Waals surface area contributed by atoms with Gasteiger partial charge in [0, 0.05) is 10.9 Å². The highest BCUT2D eigenvalue weighted by molar-refractivity contribution is 9.08. The van der Waals surface area contributed by atoms with E-state index in [0.29, 0.717) is 6.29 Å². The van der Waals surface area contributed by atoms with Gasteiger partial charge in [0.05, 0.1) is 11.3 Å². The fourth-order valence-electron chi connectivity index (χ4n) is 0.920. The van der Waals surface area contributed by atoms with E-state index in [0.717, 1.165) is 6.07 Å². The number of nitrogens with zero attached hydrogens (tertiary/aromatic N) is 1. The number of carbonyl (C=O) groups is 1. The molecule has 0 aliphatic rings. The number of rotatable bonds is 3. The quantitative estimate of drug-likeness (QED) is 0.479. The van der Waals surface area contributed by atoms with Gasteiger partial charge >= 0.3 is 0 Å². The number of hydrogen-bond donors (Lipinski definition) is 0. The minimum atomic E-state index is -2.97. The fraction of sp³-hybridized carbons (Fsp3) is 0.250. The molecule has 1 aromatic heterocycles. The Morgan fingerprint density at radius 1 is 1.57 bits per heavy atom. The van der Waals surface area contributed by atoms with Crippen LogP contribution in [0.5, 0.6) is 0 Å². The Kier molecular flexibility index (Phi) is 3.62. The number of alkyl halides is 3. The number of carbonyl (C=O) groups excluding carboxylic acids is 1. The maximum atomic E-state index is 12.9. The first kappa shape index (κ1) is 11.2. The van der Waals surface area contributed by atoms with Crippen molar-refractivity contribution in [2.75, 3.05) is 0 Å². The van der Waals surface area contributed by atoms with Crippen molar-refractivity contribution in [3.8, 4) is 0 Å². The second-order valence-corrected chi connectivity index (χ2v) is 3.02. The minimum Gasteiger partial charge on any atom is -0.298 e. The van der Waals surface area contributed by atoms with Crippen LogP contribution in [0.15, 0.2) is 6.07 Å². The van der Waals surface area contributed by atoms with E-state index in [4.69, 9.17) is 0 Å². The average molecular weight is 268 g/mol. The molecule has 0 fully saturated rings. The number of pyridine rings is 1. The molecule has 2 nitrogen and oxygen atoms in total. The minimum absolute atomic E-state index is 0.0291. The van der Waals surface area contributed by atoms with Crippen LogP contribution in [0.25, 0.3) is 0 Å². The lowest BCUT2D eigenvalue weighted by Gasteiger charge is -2.05. The number of halogens is 4. The summed E-state index contributed by atoms with van der Waals surface area (Å²) in [5.74, 6) is -1.24. The molecule has 14 heavy (non-hydrogen) atoms. The average Bonchev–Trinajstić information content (AvgIpc) is 2.16. The van der Waals surface area contributed by atoms with Crippen molar-refractivity contribution in [3.05, 3.63) is 28.8 Å². The van der Waals surface area contributed by atoms with E-state index in [2.05, 4.69) is 20.9 Å². The lowest BCUT2D eigenvalue weighted by atomic mass is 10.1. The van der Waals surface area contributed by atoms with Crippen molar-refractivity contribution in [3.63, 3.8) is 0 Å². The largest absolute Gasteiger partial charge is 0.298 e. The standard InChI is InChI=1S/C8H5BrF3NO/c9-2-6-4(3-14)1-5(7(10)11)8(12)13-6/h1,3,7H,2H2. The summed E-state index contributed by atoms with van der Waals surface area (Å²) >= 11 is 2.97. The van der Waals surface area contributed by atoms with Crippen molar-refractivity contribution in [1.29, 1.82) is 0 Å². The van der Waals surface area contributed by atoms with Gasteiger partial charge in [0.25, 0.3) is 6.43 Å². The van der Waals surface area contributed by atoms with E-state index in [1.165, 1.54) is 0 Å². The zero-order valence-corrected chi connectivity index (χ0v) is 8.39. The van der Waals surface area contributed by atoms with Crippen LogP contribution >= 0.6 is 15.9 Å². The smallest absolute Gasteiger partial charge is 0.268 e. The highest BCUT2D eigenvalue weighted by atomic mass is 79.9. The molecule has 0 saturated heterocycles. The van der Waals surface area contributed by atoms with Crippen molar-refractivity contribution in [2.45, 2.75) is 11.8 Å². The van der Waals surface area contributed by atoms with Crippen LogP contribution in [-0.4, -0.2) is 11.3 Å². The molecule has 0 aromatic carbocycles. The third-order valence-electron chi connectivity index (χ3n) is 1.60. The van der Waals surface area contributed by atoms with E-state index < -0.39 is 17.9 Å². The van der Waals surface area contributed by atoms with Crippen LogP contribution in [0, 0.1) is 5.95 Å². The molecule has 0 unspecified atom stereocenters. The van der Waals surface area contributed by atoms with E-state index in [9.17, 15) is 18.0 Å². The summed E-state index contributed by atoms with van der Waals surface area (Å²) < 4.78 is 37.2. The zero-order chi connectivity index (χ0) is 10.7. The molecule has 0 amide bonds. The van der Waals surface area contributed by atoms with Crippen LogP contribution in [0.1, 0.15) is 28.0 Å². The Bertz CT molecular complexity index is 357. The van der Waals surface area contributed by atoms with Gasteiger partial charge < -0.3 is 0 Å². The van der Waals surface area contributed by atoms with E-state index in [1.807, 2.05) is 0 Å². The van der Waals surface area contributed by atoms with E-state index in [-0.39, 0.29) is 16.6 Å². The van der Waals surface area contributed by atoms with Crippen LogP contribution in [-0.2, 0) is 5.33 Å². The molecular formula is C8H5BrF3NO. The number of aromatic nitrogens is 1. The van der Waals surface area contributed by atoms with Gasteiger partial charge in [-0.3, -0.25) is 4.79 Å². The fourth-order valence-corrected chi connectivity index (χ4v) is 1.37. The van der Waals surface area contributed by atoms with Crippen molar-refractivity contribution in [2.24, 2.45) is 0 Å². The molecule has 0 N–H and O–H groups in total. The molecule has 0 spiro atoms. The molecule has 1 heterocycles. The normalized spacial score (nSPS) is 10.6. The predicted octanol–water partition coefficient (Wildman–Crippen LogP) is 2.87. The van der Waals surface area contributed by atoms with Gasteiger partial charge in [0.1, 0.15) is 0 Å². The third kappa shape index (κ3) is 2.12. The zero-order valence-electron chi connectivity index (χ0n) is 6.81. The van der Waals surface area contributed by atoms with Crippen molar-refractivity contribution >= 4 is 22.2 Å². The Morgan fingerprint density at radius 3 is 2.64 bits per heavy atom. The molecule has 1 rings (SSSR count). The predicted molar refractivity (Wildman–Crippen MR) is 47.2 cm³/mol. The summed E-state index contributed by atoms with van der Waals surface area (Å²) in [6.45, 7) is 0. The first-order valence-corrected chi connectivity index (χ1v) is 4.71. The van der Waals surface area contributed by atoms with Crippen LogP contribution in [0.2, 0.25) is 0 Å². The first-order chi connectivity index (χ1) is 6.60. The van der Waals surface area contributed by atoms with Gasteiger partial charge in [-0.25, -0.2) is 13.8 Å². The SMILES string of the molecule is O=Cc1cc(C(F)F)c(F)nc1CBr. The number of aldehydes is 1. The van der Waals surface area contributed by atoms with Gasteiger partial charge in [-0.1, -0.05) is 15.9 Å². The lowest BCUT2D eigenvalue weighted by molar-refractivity contribution is 0.112. The van der Waals surface area contributed by atoms with Crippen molar-refractivity contribution in [1.82, 2.24) is 4.98 Å². The highest BCUT2D eigenvalue weighted by Crippen LogP contribution is 2.23. The molecule has 0 atom stereocenters. The van der Waals surface area contributed by atoms with Crippen LogP contribution in [0.3, 0.4) is 0 Å². The summed E-state index contributed by atoms with van der Waals surface area (Å²) in [6, 6.07) is 0.816. The summed E-state index contributed by atoms with van der Waals surface area (Å²) in [4.78, 5) is 13.7. The maximum Gasteiger partial charge on any atom is 0.268 e. The monoisotopic (exact) mass is 267 g/mol. The first-order valence-electron chi connectivity index (χ1n) is 3.58. The third-order valence-corrected chi connectivity index (χ3v) is 2.14. The summed E-state index contributed by atoms with van der Waals surface area (Å²) in [5, 5.41) is 0.140. The topological polar surface area (TPSA) is 30.0 Å². The highest BCUT2D eigenvalue weighted by Gasteiger charge is 2.17. The van der Waals surface area contributed by atoms with Crippen LogP contribution < -0.4 is 0 Å². The number of hydrogen-bond acceptors (Lipinski definition) is 2. The second-order valence-electron chi connectivity index (χ2n) is 2.46. The van der Waals surface area contributed by atoms with Gasteiger partial charge in [-0.05, 0) is 6.07 Å². The lowest BCUT2D eigenvalue weighted by Crippen LogP contribution is -2.02. The van der Waals surface area contributed by atoms with Gasteiger partial charge in [0.15, 0.2) is 6.29 Å². The molecular weight excluding hydrogens is 263 g/mol. The van der Waals surface area contributed by atoms with Gasteiger partial charge in [0.2, 0.25) is 5.95 Å². The Hall–Kier alpha value is -0.910. The molecule has 0 bridgehead atoms. The summed E-state index contributed by atoms with van der Waals surface area (Å²) in [5.41, 5.74) is -0.766. The summed E-state index contributed by atoms with van der Waals surface area (Å²) in [6.07, 6.45) is -2.60. The summed E-state index contributed by atoms with van der Waals surface area (Å²) in [7, 11) is 0. The van der Waals surface area contributed by atoms with Gasteiger partial charge in [-0.15, -0.1) is 0 Å². The molecule has 6 heteroatoms. The Labute approximate surface area is 86.3 Å². The molecule has 0 radical (unpaired) electrons. The molecule has 0 saturated carbocycles. The molecule has 76 valence electrons. The maximum absolute atomic E-state index is 12.9. The second kappa shape index (κ2) is 4.54. The molecule has 1 aromatic rings. The van der Waals surface area contributed by atoms with Crippen molar-refractivity contribution < 1.29 is 18.0 Å². The van der Waals surface area contributed by atoms with E-state index >= 15 is 0 Å². The van der Waals surface area contributed by atoms with Crippen LogP contribution in [0.4, 0.5) is 13.2 Å². The molecule has 0 aliphatic heterocycles.